The molecule has 8 nitrogen and oxygen atoms in total. The number of ether oxygens (including phenoxy) is 1. The maximum Gasteiger partial charge on any atom is 0.223 e. The fourth-order valence-electron chi connectivity index (χ4n) is 2.68. The Hall–Kier alpha value is -2.22. The van der Waals surface area contributed by atoms with Crippen LogP contribution in [-0.4, -0.2) is 50.7 Å². The second kappa shape index (κ2) is 6.95. The summed E-state index contributed by atoms with van der Waals surface area (Å²) in [5.41, 5.74) is -0.0820. The Bertz CT molecular complexity index is 731. The van der Waals surface area contributed by atoms with E-state index in [0.29, 0.717) is 44.3 Å². The molecule has 1 saturated heterocycles. The zero-order chi connectivity index (χ0) is 18.0. The van der Waals surface area contributed by atoms with Crippen molar-refractivity contribution >= 4 is 5.91 Å². The minimum Gasteiger partial charge on any atom is -0.445 e. The molecule has 1 aliphatic heterocycles. The first-order valence-electron chi connectivity index (χ1n) is 8.56. The smallest absolute Gasteiger partial charge is 0.223 e. The SMILES string of the molecule is Cc1nc([C@H]2CN(C(=O)CCc3ncc(C(C)(C)C)o3)CCO2)n[nH]1. The topological polar surface area (TPSA) is 97.1 Å². The minimum atomic E-state index is -0.281. The van der Waals surface area contributed by atoms with E-state index in [-0.39, 0.29) is 17.4 Å². The normalized spacial score (nSPS) is 18.6. The summed E-state index contributed by atoms with van der Waals surface area (Å²) < 4.78 is 11.4. The summed E-state index contributed by atoms with van der Waals surface area (Å²) in [5.74, 6) is 2.84. The Kier molecular flexibility index (Phi) is 4.89. The van der Waals surface area contributed by atoms with Gasteiger partial charge in [-0.3, -0.25) is 9.89 Å². The number of aromatic amines is 1. The Balaban J connectivity index is 1.55. The number of carbonyl (C=O) groups is 1. The number of H-pyrrole nitrogens is 1. The lowest BCUT2D eigenvalue weighted by Crippen LogP contribution is -2.42. The summed E-state index contributed by atoms with van der Waals surface area (Å²) in [6, 6.07) is 0. The third-order valence-corrected chi connectivity index (χ3v) is 4.17. The second-order valence-electron chi connectivity index (χ2n) is 7.35. The van der Waals surface area contributed by atoms with E-state index in [9.17, 15) is 4.79 Å². The molecule has 0 aromatic carbocycles. The van der Waals surface area contributed by atoms with Crippen LogP contribution >= 0.6 is 0 Å². The van der Waals surface area contributed by atoms with Gasteiger partial charge in [0.25, 0.3) is 0 Å². The van der Waals surface area contributed by atoms with Crippen molar-refractivity contribution in [3.63, 3.8) is 0 Å². The van der Waals surface area contributed by atoms with E-state index in [1.54, 1.807) is 11.1 Å². The largest absolute Gasteiger partial charge is 0.445 e. The molecule has 1 atom stereocenters. The van der Waals surface area contributed by atoms with Crippen molar-refractivity contribution in [2.45, 2.75) is 52.1 Å². The Morgan fingerprint density at radius 1 is 1.44 bits per heavy atom. The van der Waals surface area contributed by atoms with Crippen molar-refractivity contribution in [3.05, 3.63) is 29.5 Å². The molecule has 0 saturated carbocycles. The lowest BCUT2D eigenvalue weighted by molar-refractivity contribution is -0.139. The van der Waals surface area contributed by atoms with Gasteiger partial charge >= 0.3 is 0 Å². The van der Waals surface area contributed by atoms with E-state index in [0.717, 1.165) is 11.6 Å². The predicted molar refractivity (Wildman–Crippen MR) is 89.9 cm³/mol. The van der Waals surface area contributed by atoms with Crippen molar-refractivity contribution in [1.82, 2.24) is 25.1 Å². The van der Waals surface area contributed by atoms with Crippen LogP contribution in [0.3, 0.4) is 0 Å². The Labute approximate surface area is 147 Å². The number of hydrogen-bond donors (Lipinski definition) is 1. The third-order valence-electron chi connectivity index (χ3n) is 4.17. The number of aromatic nitrogens is 4. The molecular weight excluding hydrogens is 322 g/mol. The highest BCUT2D eigenvalue weighted by Crippen LogP contribution is 2.23. The van der Waals surface area contributed by atoms with Crippen LogP contribution in [0.2, 0.25) is 0 Å². The number of carbonyl (C=O) groups excluding carboxylic acids is 1. The molecule has 1 fully saturated rings. The minimum absolute atomic E-state index is 0.0658. The molecular formula is C17H25N5O3. The summed E-state index contributed by atoms with van der Waals surface area (Å²) in [6.07, 6.45) is 2.33. The lowest BCUT2D eigenvalue weighted by Gasteiger charge is -2.31. The molecule has 136 valence electrons. The van der Waals surface area contributed by atoms with Crippen LogP contribution in [0.5, 0.6) is 0 Å². The maximum atomic E-state index is 12.5. The van der Waals surface area contributed by atoms with Gasteiger partial charge in [-0.2, -0.15) is 5.10 Å². The molecule has 25 heavy (non-hydrogen) atoms. The van der Waals surface area contributed by atoms with Crippen LogP contribution < -0.4 is 0 Å². The van der Waals surface area contributed by atoms with Crippen molar-refractivity contribution in [2.24, 2.45) is 0 Å². The van der Waals surface area contributed by atoms with Gasteiger partial charge < -0.3 is 14.1 Å². The Morgan fingerprint density at radius 2 is 2.24 bits per heavy atom. The van der Waals surface area contributed by atoms with Gasteiger partial charge in [0.2, 0.25) is 5.91 Å². The number of amides is 1. The zero-order valence-corrected chi connectivity index (χ0v) is 15.2. The molecule has 0 spiro atoms. The van der Waals surface area contributed by atoms with E-state index in [2.05, 4.69) is 40.9 Å². The fraction of sp³-hybridized carbons (Fsp3) is 0.647. The van der Waals surface area contributed by atoms with Gasteiger partial charge in [0.05, 0.1) is 19.3 Å². The molecule has 0 radical (unpaired) electrons. The summed E-state index contributed by atoms with van der Waals surface area (Å²) in [6.45, 7) is 9.58. The van der Waals surface area contributed by atoms with Gasteiger partial charge in [-0.15, -0.1) is 0 Å². The number of nitrogens with zero attached hydrogens (tertiary/aromatic N) is 4. The van der Waals surface area contributed by atoms with Crippen LogP contribution in [-0.2, 0) is 21.4 Å². The molecule has 1 aliphatic rings. The van der Waals surface area contributed by atoms with Gasteiger partial charge in [0.1, 0.15) is 17.7 Å². The third kappa shape index (κ3) is 4.25. The van der Waals surface area contributed by atoms with Crippen LogP contribution in [0.25, 0.3) is 0 Å². The lowest BCUT2D eigenvalue weighted by atomic mass is 9.94. The molecule has 1 amide bonds. The Morgan fingerprint density at radius 3 is 2.88 bits per heavy atom. The number of nitrogens with one attached hydrogen (secondary N) is 1. The standard InChI is InChI=1S/C17H25N5O3/c1-11-19-16(21-20-11)12-10-22(7-8-24-12)15(23)6-5-14-18-9-13(25-14)17(2,3)4/h9,12H,5-8,10H2,1-4H3,(H,19,20,21)/t12-/m1/s1. The van der Waals surface area contributed by atoms with E-state index in [4.69, 9.17) is 9.15 Å². The first kappa shape index (κ1) is 17.6. The molecule has 0 unspecified atom stereocenters. The molecule has 1 N–H and O–H groups in total. The van der Waals surface area contributed by atoms with Gasteiger partial charge in [-0.25, -0.2) is 9.97 Å². The molecule has 3 rings (SSSR count). The average molecular weight is 347 g/mol. The summed E-state index contributed by atoms with van der Waals surface area (Å²) >= 11 is 0. The summed E-state index contributed by atoms with van der Waals surface area (Å²) in [4.78, 5) is 22.9. The molecule has 2 aromatic heterocycles. The molecule has 0 aliphatic carbocycles. The van der Waals surface area contributed by atoms with E-state index in [1.807, 2.05) is 6.92 Å². The fourth-order valence-corrected chi connectivity index (χ4v) is 2.68. The average Bonchev–Trinajstić information content (AvgIpc) is 3.21. The highest BCUT2D eigenvalue weighted by atomic mass is 16.5. The number of morpholine rings is 1. The van der Waals surface area contributed by atoms with Gasteiger partial charge in [0, 0.05) is 24.8 Å². The van der Waals surface area contributed by atoms with Crippen molar-refractivity contribution in [1.29, 1.82) is 0 Å². The quantitative estimate of drug-likeness (QED) is 0.908. The summed E-state index contributed by atoms with van der Waals surface area (Å²) in [7, 11) is 0. The molecule has 8 heteroatoms. The van der Waals surface area contributed by atoms with Gasteiger partial charge in [-0.05, 0) is 6.92 Å². The zero-order valence-electron chi connectivity index (χ0n) is 15.2. The van der Waals surface area contributed by atoms with E-state index in [1.165, 1.54) is 0 Å². The van der Waals surface area contributed by atoms with Crippen LogP contribution in [0.15, 0.2) is 10.6 Å². The monoisotopic (exact) mass is 347 g/mol. The molecule has 0 bridgehead atoms. The van der Waals surface area contributed by atoms with E-state index < -0.39 is 0 Å². The van der Waals surface area contributed by atoms with Gasteiger partial charge in [0.15, 0.2) is 11.7 Å². The van der Waals surface area contributed by atoms with Crippen LogP contribution in [0.1, 0.15) is 56.6 Å². The van der Waals surface area contributed by atoms with E-state index >= 15 is 0 Å². The molecule has 2 aromatic rings. The van der Waals surface area contributed by atoms with Crippen molar-refractivity contribution in [3.8, 4) is 0 Å². The van der Waals surface area contributed by atoms with Crippen molar-refractivity contribution < 1.29 is 13.9 Å². The first-order chi connectivity index (χ1) is 11.8. The van der Waals surface area contributed by atoms with Crippen molar-refractivity contribution in [2.75, 3.05) is 19.7 Å². The summed E-state index contributed by atoms with van der Waals surface area (Å²) in [5, 5.41) is 6.93. The predicted octanol–water partition coefficient (Wildman–Crippen LogP) is 1.93. The molecule has 3 heterocycles. The highest BCUT2D eigenvalue weighted by Gasteiger charge is 2.28. The number of oxazole rings is 1. The maximum absolute atomic E-state index is 12.5. The number of rotatable bonds is 4. The number of hydrogen-bond acceptors (Lipinski definition) is 6. The van der Waals surface area contributed by atoms with Crippen LogP contribution in [0, 0.1) is 6.92 Å². The van der Waals surface area contributed by atoms with Crippen LogP contribution in [0.4, 0.5) is 0 Å². The second-order valence-corrected chi connectivity index (χ2v) is 7.35. The number of aryl methyl sites for hydroxylation is 2. The highest BCUT2D eigenvalue weighted by molar-refractivity contribution is 5.76. The van der Waals surface area contributed by atoms with Gasteiger partial charge in [-0.1, -0.05) is 20.8 Å². The first-order valence-corrected chi connectivity index (χ1v) is 8.56.